The Kier molecular flexibility index (Phi) is 4.62. The van der Waals surface area contributed by atoms with Gasteiger partial charge in [0.2, 0.25) is 11.5 Å². The number of benzene rings is 2. The first kappa shape index (κ1) is 17.9. The monoisotopic (exact) mass is 371 g/mol. The molecule has 0 saturated heterocycles. The van der Waals surface area contributed by atoms with Crippen molar-refractivity contribution in [2.75, 3.05) is 11.9 Å². The summed E-state index contributed by atoms with van der Waals surface area (Å²) in [5, 5.41) is 13.4. The summed E-state index contributed by atoms with van der Waals surface area (Å²) in [7, 11) is 0. The lowest BCUT2D eigenvalue weighted by atomic mass is 10.0. The molecule has 0 aliphatic rings. The smallest absolute Gasteiger partial charge is 0.250 e. The predicted molar refractivity (Wildman–Crippen MR) is 111 cm³/mol. The second kappa shape index (κ2) is 7.24. The van der Waals surface area contributed by atoms with E-state index in [2.05, 4.69) is 33.8 Å². The van der Waals surface area contributed by atoms with Crippen molar-refractivity contribution in [3.63, 3.8) is 0 Å². The third-order valence-electron chi connectivity index (χ3n) is 5.09. The maximum absolute atomic E-state index is 9.81. The Labute approximate surface area is 164 Å². The lowest BCUT2D eigenvalue weighted by molar-refractivity contribution is -0.465. The van der Waals surface area contributed by atoms with Crippen LogP contribution in [0.3, 0.4) is 0 Å². The summed E-state index contributed by atoms with van der Waals surface area (Å²) >= 11 is 0. The molecule has 0 saturated carbocycles. The van der Waals surface area contributed by atoms with Gasteiger partial charge in [-0.1, -0.05) is 19.1 Å². The average Bonchev–Trinajstić information content (AvgIpc) is 3.09. The van der Waals surface area contributed by atoms with Gasteiger partial charge in [0.25, 0.3) is 0 Å². The third kappa shape index (κ3) is 2.84. The molecular formula is C23H23N4O+. The van der Waals surface area contributed by atoms with Crippen LogP contribution in [0.4, 0.5) is 11.5 Å². The second-order valence-corrected chi connectivity index (χ2v) is 6.70. The first-order valence-corrected chi connectivity index (χ1v) is 9.55. The Balaban J connectivity index is 1.97. The van der Waals surface area contributed by atoms with Crippen LogP contribution in [0.5, 0.6) is 5.75 Å². The SMILES string of the molecule is CCOc1ccc(Nc2c(CC)c(C)c(C#N)c3[nH]c4ccccc4[n+]23)cc1. The highest BCUT2D eigenvalue weighted by molar-refractivity contribution is 5.78. The standard InChI is InChI=1S/C23H22N4O/c1-4-18-15(3)19(14-24)23-26-20-8-6-7-9-21(20)27(23)22(18)25-16-10-12-17(13-11-16)28-5-2/h6-13H,4-5H2,1-3H3,(H,25,26)/p+1. The molecule has 2 aromatic carbocycles. The van der Waals surface area contributed by atoms with Gasteiger partial charge in [-0.15, -0.1) is 0 Å². The van der Waals surface area contributed by atoms with E-state index in [-0.39, 0.29) is 0 Å². The predicted octanol–water partition coefficient (Wildman–Crippen LogP) is 4.79. The minimum absolute atomic E-state index is 0.646. The number of nitrogens with zero attached hydrogens (tertiary/aromatic N) is 2. The van der Waals surface area contributed by atoms with Gasteiger partial charge in [0, 0.05) is 5.56 Å². The van der Waals surface area contributed by atoms with Crippen LogP contribution in [0.1, 0.15) is 30.5 Å². The summed E-state index contributed by atoms with van der Waals surface area (Å²) in [6.07, 6.45) is 0.822. The molecule has 5 nitrogen and oxygen atoms in total. The normalized spacial score (nSPS) is 10.9. The summed E-state index contributed by atoms with van der Waals surface area (Å²) in [5.74, 6) is 1.83. The minimum Gasteiger partial charge on any atom is -0.494 e. The van der Waals surface area contributed by atoms with E-state index in [0.717, 1.165) is 51.5 Å². The highest BCUT2D eigenvalue weighted by atomic mass is 16.5. The second-order valence-electron chi connectivity index (χ2n) is 6.70. The van der Waals surface area contributed by atoms with E-state index in [1.165, 1.54) is 0 Å². The molecule has 2 N–H and O–H groups in total. The number of aromatic amines is 1. The molecule has 0 aliphatic carbocycles. The van der Waals surface area contributed by atoms with Gasteiger partial charge in [0.15, 0.2) is 0 Å². The fourth-order valence-corrected chi connectivity index (χ4v) is 3.76. The van der Waals surface area contributed by atoms with Gasteiger partial charge in [0.1, 0.15) is 28.4 Å². The van der Waals surface area contributed by atoms with Crippen LogP contribution in [0, 0.1) is 18.3 Å². The number of aromatic nitrogens is 2. The Morgan fingerprint density at radius 3 is 2.54 bits per heavy atom. The summed E-state index contributed by atoms with van der Waals surface area (Å²) in [6, 6.07) is 18.5. The van der Waals surface area contributed by atoms with Crippen LogP contribution in [0.25, 0.3) is 16.7 Å². The van der Waals surface area contributed by atoms with E-state index >= 15 is 0 Å². The zero-order chi connectivity index (χ0) is 19.7. The van der Waals surface area contributed by atoms with Crippen LogP contribution in [-0.4, -0.2) is 11.6 Å². The molecular weight excluding hydrogens is 348 g/mol. The van der Waals surface area contributed by atoms with E-state index in [4.69, 9.17) is 4.74 Å². The summed E-state index contributed by atoms with van der Waals surface area (Å²) in [6.45, 7) is 6.76. The molecule has 0 unspecified atom stereocenters. The topological polar surface area (TPSA) is 64.9 Å². The molecule has 28 heavy (non-hydrogen) atoms. The van der Waals surface area contributed by atoms with Crippen molar-refractivity contribution in [1.29, 1.82) is 5.26 Å². The highest BCUT2D eigenvalue weighted by Crippen LogP contribution is 2.28. The first-order chi connectivity index (χ1) is 13.7. The molecule has 2 aromatic heterocycles. The Hall–Kier alpha value is -3.52. The maximum Gasteiger partial charge on any atom is 0.250 e. The quantitative estimate of drug-likeness (QED) is 0.496. The van der Waals surface area contributed by atoms with Crippen LogP contribution >= 0.6 is 0 Å². The summed E-state index contributed by atoms with van der Waals surface area (Å²) in [4.78, 5) is 3.42. The van der Waals surface area contributed by atoms with E-state index in [1.807, 2.05) is 56.3 Å². The van der Waals surface area contributed by atoms with Gasteiger partial charge >= 0.3 is 0 Å². The number of hydrogen-bond acceptors (Lipinski definition) is 3. The van der Waals surface area contributed by atoms with Crippen LogP contribution in [0.2, 0.25) is 0 Å². The molecule has 0 aliphatic heterocycles. The van der Waals surface area contributed by atoms with Crippen molar-refractivity contribution in [1.82, 2.24) is 4.98 Å². The molecule has 140 valence electrons. The van der Waals surface area contributed by atoms with Crippen molar-refractivity contribution in [3.05, 3.63) is 65.2 Å². The number of hydrogen-bond donors (Lipinski definition) is 2. The molecule has 2 heterocycles. The van der Waals surface area contributed by atoms with E-state index < -0.39 is 0 Å². The number of H-pyrrole nitrogens is 1. The van der Waals surface area contributed by atoms with Gasteiger partial charge in [-0.25, -0.2) is 0 Å². The van der Waals surface area contributed by atoms with Crippen molar-refractivity contribution in [2.24, 2.45) is 0 Å². The molecule has 5 heteroatoms. The van der Waals surface area contributed by atoms with E-state index in [1.54, 1.807) is 0 Å². The van der Waals surface area contributed by atoms with E-state index in [0.29, 0.717) is 12.2 Å². The number of imidazole rings is 1. The Morgan fingerprint density at radius 1 is 1.11 bits per heavy atom. The molecule has 0 bridgehead atoms. The number of anilines is 2. The maximum atomic E-state index is 9.81. The molecule has 0 radical (unpaired) electrons. The summed E-state index contributed by atoms with van der Waals surface area (Å²) < 4.78 is 7.67. The number of fused-ring (bicyclic) bond motifs is 3. The van der Waals surface area contributed by atoms with E-state index in [9.17, 15) is 5.26 Å². The fraction of sp³-hybridized carbons (Fsp3) is 0.217. The molecule has 0 spiro atoms. The molecule has 0 fully saturated rings. The van der Waals surface area contributed by atoms with Crippen molar-refractivity contribution in [2.45, 2.75) is 27.2 Å². The number of para-hydroxylation sites is 2. The van der Waals surface area contributed by atoms with Gasteiger partial charge < -0.3 is 4.74 Å². The summed E-state index contributed by atoms with van der Waals surface area (Å²) in [5.41, 5.74) is 6.65. The molecule has 0 atom stereocenters. The third-order valence-corrected chi connectivity index (χ3v) is 5.09. The number of nitrogens with one attached hydrogen (secondary N) is 2. The zero-order valence-electron chi connectivity index (χ0n) is 16.3. The number of pyridine rings is 1. The number of ether oxygens (including phenoxy) is 1. The fourth-order valence-electron chi connectivity index (χ4n) is 3.76. The lowest BCUT2D eigenvalue weighted by Crippen LogP contribution is -2.28. The lowest BCUT2D eigenvalue weighted by Gasteiger charge is -2.13. The molecule has 4 rings (SSSR count). The Bertz CT molecular complexity index is 1200. The zero-order valence-corrected chi connectivity index (χ0v) is 16.3. The van der Waals surface area contributed by atoms with Crippen LogP contribution in [0.15, 0.2) is 48.5 Å². The molecule has 0 amide bonds. The van der Waals surface area contributed by atoms with Gasteiger partial charge in [-0.05, 0) is 62.2 Å². The van der Waals surface area contributed by atoms with Crippen molar-refractivity contribution in [3.8, 4) is 11.8 Å². The Morgan fingerprint density at radius 2 is 1.86 bits per heavy atom. The van der Waals surface area contributed by atoms with Crippen molar-refractivity contribution >= 4 is 28.2 Å². The van der Waals surface area contributed by atoms with Crippen LogP contribution < -0.4 is 14.5 Å². The van der Waals surface area contributed by atoms with Crippen molar-refractivity contribution < 1.29 is 9.14 Å². The van der Waals surface area contributed by atoms with Crippen LogP contribution in [-0.2, 0) is 6.42 Å². The first-order valence-electron chi connectivity index (χ1n) is 9.55. The minimum atomic E-state index is 0.646. The highest BCUT2D eigenvalue weighted by Gasteiger charge is 2.25. The molecule has 4 aromatic rings. The van der Waals surface area contributed by atoms with Gasteiger partial charge in [0.05, 0.1) is 12.3 Å². The van der Waals surface area contributed by atoms with Gasteiger partial charge in [-0.3, -0.25) is 10.3 Å². The van der Waals surface area contributed by atoms with Gasteiger partial charge in [-0.2, -0.15) is 9.66 Å². The number of nitriles is 1. The largest absolute Gasteiger partial charge is 0.494 e. The number of rotatable bonds is 5. The average molecular weight is 371 g/mol.